The Morgan fingerprint density at radius 1 is 1.00 bits per heavy atom. The van der Waals surface area contributed by atoms with E-state index in [4.69, 9.17) is 17.3 Å². The number of carbonyl (C=O) groups is 2. The highest BCUT2D eigenvalue weighted by molar-refractivity contribution is 7.89. The normalized spacial score (nSPS) is 21.5. The largest absolute Gasteiger partial charge is 0.355 e. The lowest BCUT2D eigenvalue weighted by Gasteiger charge is -2.36. The molecule has 0 unspecified atom stereocenters. The molecule has 0 radical (unpaired) electrons. The van der Waals surface area contributed by atoms with E-state index in [1.165, 1.54) is 28.6 Å². The van der Waals surface area contributed by atoms with Gasteiger partial charge in [0.2, 0.25) is 21.8 Å². The van der Waals surface area contributed by atoms with E-state index in [9.17, 15) is 18.0 Å². The number of rotatable bonds is 12. The predicted molar refractivity (Wildman–Crippen MR) is 173 cm³/mol. The smallest absolute Gasteiger partial charge is 0.276 e. The molecular weight excluding hydrogens is 640 g/mol. The topological polar surface area (TPSA) is 141 Å². The molecule has 1 aliphatic carbocycles. The van der Waals surface area contributed by atoms with Crippen LogP contribution in [0.5, 0.6) is 0 Å². The number of alkyl halides is 2. The van der Waals surface area contributed by atoms with Gasteiger partial charge in [0.25, 0.3) is 5.92 Å². The number of amides is 2. The Kier molecular flexibility index (Phi) is 11.1. The average Bonchev–Trinajstić information content (AvgIpc) is 3.50. The second-order valence-corrected chi connectivity index (χ2v) is 14.4. The standard InChI is InChI=1S/C31H42ClF2N7O4S/c32-27-20-24(31(33,34)23-5-3-22(4-6-23)30(43)37-14-13-36-12-11-35)21-28(38-27)39-16-18-40(19-17-39)46(44,45)26-9-7-25(8-10-26)41-15-1-2-29(41)42/h7-10,20-23,36H,1-6,11-19,35H2,(H,37,43)/t22-,23-. The van der Waals surface area contributed by atoms with Gasteiger partial charge in [-0.25, -0.2) is 22.2 Å². The first-order valence-electron chi connectivity index (χ1n) is 15.9. The highest BCUT2D eigenvalue weighted by Crippen LogP contribution is 2.46. The van der Waals surface area contributed by atoms with Gasteiger partial charge in [-0.2, -0.15) is 4.31 Å². The van der Waals surface area contributed by atoms with Gasteiger partial charge in [-0.15, -0.1) is 0 Å². The molecular formula is C31H42ClF2N7O4S. The zero-order chi connectivity index (χ0) is 32.9. The van der Waals surface area contributed by atoms with Gasteiger partial charge in [0.05, 0.1) is 4.90 Å². The minimum Gasteiger partial charge on any atom is -0.355 e. The van der Waals surface area contributed by atoms with E-state index in [1.54, 1.807) is 21.9 Å². The van der Waals surface area contributed by atoms with E-state index >= 15 is 8.78 Å². The predicted octanol–water partition coefficient (Wildman–Crippen LogP) is 2.94. The van der Waals surface area contributed by atoms with Gasteiger partial charge in [-0.1, -0.05) is 11.6 Å². The Balaban J connectivity index is 1.17. The van der Waals surface area contributed by atoms with Gasteiger partial charge in [-0.05, 0) is 68.5 Å². The summed E-state index contributed by atoms with van der Waals surface area (Å²) >= 11 is 6.24. The second-order valence-electron chi connectivity index (χ2n) is 12.1. The molecule has 3 aliphatic rings. The summed E-state index contributed by atoms with van der Waals surface area (Å²) in [6.07, 6.45) is 2.43. The number of aromatic nitrogens is 1. The van der Waals surface area contributed by atoms with Crippen LogP contribution in [0.1, 0.15) is 44.1 Å². The van der Waals surface area contributed by atoms with Gasteiger partial charge < -0.3 is 26.2 Å². The number of piperazine rings is 1. The molecule has 1 saturated carbocycles. The molecule has 0 atom stereocenters. The minimum atomic E-state index is -3.79. The summed E-state index contributed by atoms with van der Waals surface area (Å²) in [5.41, 5.74) is 5.88. The van der Waals surface area contributed by atoms with Crippen molar-refractivity contribution in [3.05, 3.63) is 47.1 Å². The lowest BCUT2D eigenvalue weighted by atomic mass is 9.77. The van der Waals surface area contributed by atoms with Crippen LogP contribution in [0.2, 0.25) is 5.15 Å². The molecule has 5 rings (SSSR count). The van der Waals surface area contributed by atoms with Crippen molar-refractivity contribution in [3.8, 4) is 0 Å². The van der Waals surface area contributed by atoms with Crippen molar-refractivity contribution < 1.29 is 26.8 Å². The Bertz CT molecular complexity index is 1480. The van der Waals surface area contributed by atoms with E-state index in [2.05, 4.69) is 15.6 Å². The highest BCUT2D eigenvalue weighted by Gasteiger charge is 2.44. The van der Waals surface area contributed by atoms with Gasteiger partial charge in [0, 0.05) is 88.4 Å². The number of nitrogens with two attached hydrogens (primary N) is 1. The molecule has 46 heavy (non-hydrogen) atoms. The summed E-state index contributed by atoms with van der Waals surface area (Å²) in [5, 5.41) is 5.91. The van der Waals surface area contributed by atoms with Crippen LogP contribution in [-0.2, 0) is 25.5 Å². The van der Waals surface area contributed by atoms with Gasteiger partial charge >= 0.3 is 0 Å². The molecule has 2 aliphatic heterocycles. The van der Waals surface area contributed by atoms with Crippen LogP contribution in [0, 0.1) is 11.8 Å². The number of anilines is 2. The molecule has 3 heterocycles. The number of hydrogen-bond donors (Lipinski definition) is 3. The molecule has 0 spiro atoms. The molecule has 2 saturated heterocycles. The zero-order valence-electron chi connectivity index (χ0n) is 25.8. The maximum atomic E-state index is 15.8. The van der Waals surface area contributed by atoms with Gasteiger partial charge in [-0.3, -0.25) is 9.59 Å². The molecule has 252 valence electrons. The number of benzene rings is 1. The molecule has 2 amide bonds. The SMILES string of the molecule is NCCNCCNC(=O)[C@H]1CC[C@H](C(F)(F)c2cc(Cl)nc(N3CCN(S(=O)(=O)c4ccc(N5CCCC5=O)cc4)CC3)c2)CC1. The van der Waals surface area contributed by atoms with Crippen molar-refractivity contribution in [2.75, 3.05) is 68.7 Å². The quantitative estimate of drug-likeness (QED) is 0.230. The molecule has 11 nitrogen and oxygen atoms in total. The van der Waals surface area contributed by atoms with Crippen LogP contribution in [0.25, 0.3) is 0 Å². The second kappa shape index (κ2) is 14.9. The lowest BCUT2D eigenvalue weighted by molar-refractivity contribution is -0.129. The number of pyridine rings is 1. The third kappa shape index (κ3) is 7.79. The fourth-order valence-corrected chi connectivity index (χ4v) is 8.09. The number of nitrogens with zero attached hydrogens (tertiary/aromatic N) is 4. The molecule has 3 fully saturated rings. The summed E-state index contributed by atoms with van der Waals surface area (Å²) in [4.78, 5) is 32.4. The summed E-state index contributed by atoms with van der Waals surface area (Å²) < 4.78 is 59.8. The number of nitrogens with one attached hydrogen (secondary N) is 2. The van der Waals surface area contributed by atoms with Crippen molar-refractivity contribution in [1.82, 2.24) is 19.9 Å². The Morgan fingerprint density at radius 3 is 2.33 bits per heavy atom. The van der Waals surface area contributed by atoms with Crippen molar-refractivity contribution in [1.29, 1.82) is 0 Å². The third-order valence-electron chi connectivity index (χ3n) is 9.12. The summed E-state index contributed by atoms with van der Waals surface area (Å²) in [5.74, 6) is -4.22. The van der Waals surface area contributed by atoms with Crippen molar-refractivity contribution in [2.45, 2.75) is 49.3 Å². The van der Waals surface area contributed by atoms with E-state index < -0.39 is 21.9 Å². The lowest BCUT2D eigenvalue weighted by Crippen LogP contribution is -2.49. The zero-order valence-corrected chi connectivity index (χ0v) is 27.3. The van der Waals surface area contributed by atoms with E-state index in [0.717, 1.165) is 6.42 Å². The molecule has 4 N–H and O–H groups in total. The number of hydrogen-bond acceptors (Lipinski definition) is 8. The first-order chi connectivity index (χ1) is 22.0. The number of halogens is 3. The maximum Gasteiger partial charge on any atom is 0.276 e. The molecule has 1 aromatic heterocycles. The van der Waals surface area contributed by atoms with Crippen LogP contribution in [0.4, 0.5) is 20.3 Å². The van der Waals surface area contributed by atoms with Crippen LogP contribution < -0.4 is 26.2 Å². The third-order valence-corrected chi connectivity index (χ3v) is 11.2. The van der Waals surface area contributed by atoms with Crippen molar-refractivity contribution in [3.63, 3.8) is 0 Å². The Labute approximate surface area is 273 Å². The van der Waals surface area contributed by atoms with Crippen molar-refractivity contribution in [2.24, 2.45) is 17.6 Å². The van der Waals surface area contributed by atoms with Crippen molar-refractivity contribution >= 4 is 44.9 Å². The summed E-state index contributed by atoms with van der Waals surface area (Å²) in [6, 6.07) is 8.86. The molecule has 1 aromatic carbocycles. The molecule has 15 heteroatoms. The highest BCUT2D eigenvalue weighted by atomic mass is 35.5. The minimum absolute atomic E-state index is 0.0256. The fraction of sp³-hybridized carbons (Fsp3) is 0.581. The van der Waals surface area contributed by atoms with E-state index in [1.807, 2.05) is 0 Å². The van der Waals surface area contributed by atoms with Gasteiger partial charge in [0.15, 0.2) is 0 Å². The molecule has 0 bridgehead atoms. The maximum absolute atomic E-state index is 15.8. The number of sulfonamides is 1. The first kappa shape index (κ1) is 34.4. The van der Waals surface area contributed by atoms with Crippen LogP contribution in [0.15, 0.2) is 41.3 Å². The van der Waals surface area contributed by atoms with E-state index in [0.29, 0.717) is 57.7 Å². The first-order valence-corrected chi connectivity index (χ1v) is 17.7. The average molecular weight is 682 g/mol. The summed E-state index contributed by atoms with van der Waals surface area (Å²) in [7, 11) is -3.79. The molecule has 2 aromatic rings. The monoisotopic (exact) mass is 681 g/mol. The Hall–Kier alpha value is -2.91. The fourth-order valence-electron chi connectivity index (χ4n) is 6.46. The van der Waals surface area contributed by atoms with Crippen LogP contribution in [-0.4, -0.2) is 88.4 Å². The number of carbonyl (C=O) groups excluding carboxylic acids is 2. The van der Waals surface area contributed by atoms with Gasteiger partial charge in [0.1, 0.15) is 11.0 Å². The van der Waals surface area contributed by atoms with E-state index in [-0.39, 0.29) is 78.2 Å². The van der Waals surface area contributed by atoms with Crippen LogP contribution in [0.3, 0.4) is 0 Å². The summed E-state index contributed by atoms with van der Waals surface area (Å²) in [6.45, 7) is 3.64. The Morgan fingerprint density at radius 2 is 1.70 bits per heavy atom. The van der Waals surface area contributed by atoms with Crippen LogP contribution >= 0.6 is 11.6 Å².